The summed E-state index contributed by atoms with van der Waals surface area (Å²) in [6, 6.07) is 16.5. The van der Waals surface area contributed by atoms with Gasteiger partial charge in [-0.3, -0.25) is 19.1 Å². The monoisotopic (exact) mass is 863 g/mol. The molecule has 4 aliphatic rings. The highest BCUT2D eigenvalue weighted by atomic mass is 32.2. The third-order valence-corrected chi connectivity index (χ3v) is 13.6. The molecule has 322 valence electrons. The maximum absolute atomic E-state index is 14.8. The van der Waals surface area contributed by atoms with E-state index in [4.69, 9.17) is 14.5 Å². The van der Waals surface area contributed by atoms with Crippen molar-refractivity contribution in [2.45, 2.75) is 92.9 Å². The lowest BCUT2D eigenvalue weighted by molar-refractivity contribution is -0.140. The molecule has 3 N–H and O–H groups in total. The van der Waals surface area contributed by atoms with Crippen LogP contribution >= 0.6 is 0 Å². The van der Waals surface area contributed by atoms with Crippen LogP contribution in [-0.2, 0) is 30.6 Å². The third-order valence-electron chi connectivity index (χ3n) is 11.8. The zero-order valence-corrected chi connectivity index (χ0v) is 34.0. The van der Waals surface area contributed by atoms with Crippen LogP contribution in [0.3, 0.4) is 0 Å². The van der Waals surface area contributed by atoms with Crippen molar-refractivity contribution in [3.63, 3.8) is 0 Å². The van der Waals surface area contributed by atoms with E-state index in [1.807, 2.05) is 36.4 Å². The Morgan fingerprint density at radius 1 is 0.984 bits per heavy atom. The molecule has 0 radical (unpaired) electrons. The van der Waals surface area contributed by atoms with Gasteiger partial charge in [-0.05, 0) is 68.9 Å². The Morgan fingerprint density at radius 3 is 2.51 bits per heavy atom. The minimum Gasteiger partial charge on any atom is -0.497 e. The van der Waals surface area contributed by atoms with Gasteiger partial charge in [0.15, 0.2) is 0 Å². The Hall–Kier alpha value is -5.71. The number of nitrogens with one attached hydrogen (secondary N) is 3. The van der Waals surface area contributed by atoms with Gasteiger partial charge in [0, 0.05) is 41.1 Å². The summed E-state index contributed by atoms with van der Waals surface area (Å²) < 4.78 is 95.8. The number of hydrogen-bond acceptors (Lipinski definition) is 9. The first-order valence-corrected chi connectivity index (χ1v) is 21.9. The fourth-order valence-electron chi connectivity index (χ4n) is 8.22. The van der Waals surface area contributed by atoms with Gasteiger partial charge < -0.3 is 25.0 Å². The summed E-state index contributed by atoms with van der Waals surface area (Å²) in [6.45, 7) is -0.133. The molecule has 1 aromatic heterocycles. The third kappa shape index (κ3) is 9.02. The number of carbonyl (C=O) groups is 3. The second-order valence-electron chi connectivity index (χ2n) is 16.1. The minimum atomic E-state index is -4.99. The van der Waals surface area contributed by atoms with Crippen molar-refractivity contribution in [2.24, 2.45) is 5.92 Å². The number of sulfonamides is 1. The van der Waals surface area contributed by atoms with Crippen LogP contribution in [0.1, 0.15) is 63.4 Å². The van der Waals surface area contributed by atoms with E-state index >= 15 is 0 Å². The molecular formula is C44H45F4N5O7S. The summed E-state index contributed by atoms with van der Waals surface area (Å²) in [4.78, 5) is 49.4. The van der Waals surface area contributed by atoms with Crippen molar-refractivity contribution in [1.29, 1.82) is 0 Å². The van der Waals surface area contributed by atoms with Gasteiger partial charge in [0.2, 0.25) is 21.8 Å². The number of aromatic nitrogens is 1. The molecule has 3 aromatic carbocycles. The van der Waals surface area contributed by atoms with E-state index in [9.17, 15) is 40.4 Å². The van der Waals surface area contributed by atoms with E-state index in [-0.39, 0.29) is 31.5 Å². The normalized spacial score (nSPS) is 24.8. The van der Waals surface area contributed by atoms with Crippen LogP contribution in [0, 0.1) is 11.7 Å². The molecular weight excluding hydrogens is 819 g/mol. The molecule has 3 fully saturated rings. The molecule has 17 heteroatoms. The van der Waals surface area contributed by atoms with Crippen molar-refractivity contribution in [3.05, 3.63) is 96.3 Å². The predicted molar refractivity (Wildman–Crippen MR) is 218 cm³/mol. The predicted octanol–water partition coefficient (Wildman–Crippen LogP) is 6.90. The van der Waals surface area contributed by atoms with Crippen molar-refractivity contribution >= 4 is 44.3 Å². The van der Waals surface area contributed by atoms with Gasteiger partial charge in [0.25, 0.3) is 5.91 Å². The summed E-state index contributed by atoms with van der Waals surface area (Å²) in [7, 11) is -2.44. The second-order valence-corrected chi connectivity index (χ2v) is 18.1. The number of ether oxygens (including phenoxy) is 2. The molecule has 0 spiro atoms. The molecule has 2 saturated carbocycles. The number of methoxy groups -OCH3 is 1. The van der Waals surface area contributed by atoms with Gasteiger partial charge in [-0.1, -0.05) is 55.3 Å². The average Bonchev–Trinajstić information content (AvgIpc) is 4.16. The number of benzene rings is 3. The van der Waals surface area contributed by atoms with Gasteiger partial charge in [-0.2, -0.15) is 13.2 Å². The summed E-state index contributed by atoms with van der Waals surface area (Å²) >= 11 is 0. The van der Waals surface area contributed by atoms with Crippen LogP contribution in [0.25, 0.3) is 22.2 Å². The number of amides is 3. The quantitative estimate of drug-likeness (QED) is 0.120. The zero-order valence-electron chi connectivity index (χ0n) is 33.2. The van der Waals surface area contributed by atoms with E-state index in [0.717, 1.165) is 11.6 Å². The Labute approximate surface area is 350 Å². The van der Waals surface area contributed by atoms with Crippen LogP contribution in [-0.4, -0.2) is 78.7 Å². The lowest BCUT2D eigenvalue weighted by Gasteiger charge is -2.30. The summed E-state index contributed by atoms with van der Waals surface area (Å²) in [6.07, 6.45) is 1.36. The SMILES string of the molecule is COc1ccc2c(O[C@@H]3C[C@H]4C(=O)N[C@]5(C(=O)NS(=O)(=O)C6CC6)C[C@H]5C=CCCCCC[C@H](Nc5ccc(F)c(C(F)(F)F)c5)C(=O)N4C3)cc(-c3ccccc3)nc2c1. The first-order chi connectivity index (χ1) is 29.1. The van der Waals surface area contributed by atoms with Gasteiger partial charge in [0.1, 0.15) is 41.0 Å². The smallest absolute Gasteiger partial charge is 0.419 e. The Balaban J connectivity index is 1.15. The number of fused-ring (bicyclic) bond motifs is 3. The molecule has 3 heterocycles. The van der Waals surface area contributed by atoms with E-state index in [1.165, 1.54) is 12.0 Å². The number of pyridine rings is 1. The zero-order chi connectivity index (χ0) is 43.1. The summed E-state index contributed by atoms with van der Waals surface area (Å²) in [5.74, 6) is -3.22. The van der Waals surface area contributed by atoms with Crippen LogP contribution in [0.4, 0.5) is 23.2 Å². The summed E-state index contributed by atoms with van der Waals surface area (Å²) in [5, 5.41) is 5.67. The summed E-state index contributed by atoms with van der Waals surface area (Å²) in [5.41, 5.74) is -1.30. The van der Waals surface area contributed by atoms with Crippen LogP contribution < -0.4 is 24.8 Å². The Morgan fingerprint density at radius 2 is 1.77 bits per heavy atom. The molecule has 61 heavy (non-hydrogen) atoms. The molecule has 1 saturated heterocycles. The number of carbonyl (C=O) groups excluding carboxylic acids is 3. The molecule has 2 aliphatic heterocycles. The number of allylic oxidation sites excluding steroid dienone is 1. The van der Waals surface area contributed by atoms with Crippen LogP contribution in [0.2, 0.25) is 0 Å². The van der Waals surface area contributed by atoms with E-state index < -0.39 is 80.2 Å². The molecule has 8 rings (SSSR count). The lowest BCUT2D eigenvalue weighted by atomic mass is 10.0. The van der Waals surface area contributed by atoms with E-state index in [0.29, 0.717) is 78.8 Å². The van der Waals surface area contributed by atoms with Gasteiger partial charge in [-0.25, -0.2) is 17.8 Å². The maximum Gasteiger partial charge on any atom is 0.419 e. The van der Waals surface area contributed by atoms with Crippen molar-refractivity contribution in [3.8, 4) is 22.8 Å². The highest BCUT2D eigenvalue weighted by molar-refractivity contribution is 7.91. The van der Waals surface area contributed by atoms with Crippen molar-refractivity contribution in [2.75, 3.05) is 19.0 Å². The number of halogens is 4. The topological polar surface area (TPSA) is 156 Å². The van der Waals surface area contributed by atoms with Crippen molar-refractivity contribution < 1.29 is 49.8 Å². The number of alkyl halides is 3. The van der Waals surface area contributed by atoms with Gasteiger partial charge in [0.05, 0.1) is 35.7 Å². The lowest BCUT2D eigenvalue weighted by Crippen LogP contribution is -2.57. The number of rotatable bonds is 9. The number of anilines is 1. The molecule has 0 unspecified atom stereocenters. The van der Waals surface area contributed by atoms with Crippen LogP contribution in [0.15, 0.2) is 84.9 Å². The highest BCUT2D eigenvalue weighted by Gasteiger charge is 2.62. The van der Waals surface area contributed by atoms with Gasteiger partial charge in [-0.15, -0.1) is 0 Å². The average molecular weight is 864 g/mol. The first-order valence-electron chi connectivity index (χ1n) is 20.3. The largest absolute Gasteiger partial charge is 0.497 e. The molecule has 3 amide bonds. The number of hydrogen-bond donors (Lipinski definition) is 3. The second kappa shape index (κ2) is 16.6. The molecule has 4 aromatic rings. The van der Waals surface area contributed by atoms with E-state index in [1.54, 1.807) is 30.3 Å². The number of nitrogens with zero attached hydrogens (tertiary/aromatic N) is 2. The van der Waals surface area contributed by atoms with E-state index in [2.05, 4.69) is 15.4 Å². The highest BCUT2D eigenvalue weighted by Crippen LogP contribution is 2.46. The standard InChI is InChI=1S/C44H45F4N5O7S/c1-59-29-15-18-32-37(21-29)50-36(26-10-6-5-7-11-26)23-39(32)60-30-22-38-40(54)51-43(42(56)52-61(57,58)31-16-17-31)24-27(43)12-8-3-2-4-9-13-35(41(55)53(38)25-30)49-28-14-19-34(45)33(20-28)44(46,47)48/h5-8,10-12,14-15,18-21,23,27,30-31,35,38,49H,2-4,9,13,16-17,22,24-25H2,1H3,(H,51,54)(H,52,56)/t27-,30-,35+,38+,43-/m1/s1. The Kier molecular flexibility index (Phi) is 11.4. The van der Waals surface area contributed by atoms with Crippen LogP contribution in [0.5, 0.6) is 11.5 Å². The molecule has 0 bridgehead atoms. The fraction of sp³-hybridized carbons (Fsp3) is 0.409. The Bertz CT molecular complexity index is 2480. The van der Waals surface area contributed by atoms with Crippen molar-refractivity contribution in [1.82, 2.24) is 19.9 Å². The molecule has 12 nitrogen and oxygen atoms in total. The van der Waals surface area contributed by atoms with Gasteiger partial charge >= 0.3 is 6.18 Å². The first kappa shape index (κ1) is 42.0. The fourth-order valence-corrected chi connectivity index (χ4v) is 9.58. The molecule has 5 atom stereocenters. The minimum absolute atomic E-state index is 0.0573. The molecule has 2 aliphatic carbocycles. The maximum atomic E-state index is 14.8.